The molecule has 0 spiro atoms. The van der Waals surface area contributed by atoms with E-state index in [-0.39, 0.29) is 6.09 Å². The Labute approximate surface area is 125 Å². The molecule has 1 aliphatic rings. The highest BCUT2D eigenvalue weighted by atomic mass is 16.6. The van der Waals surface area contributed by atoms with Crippen LogP contribution in [0, 0.1) is 12.8 Å². The van der Waals surface area contributed by atoms with E-state index in [2.05, 4.69) is 15.3 Å². The zero-order valence-electron chi connectivity index (χ0n) is 13.2. The zero-order chi connectivity index (χ0) is 15.5. The molecule has 116 valence electrons. The summed E-state index contributed by atoms with van der Waals surface area (Å²) in [7, 11) is 0. The molecule has 0 aromatic carbocycles. The number of carbonyl (C=O) groups excluding carboxylic acids is 1. The number of nitrogens with one attached hydrogen (secondary N) is 1. The Hall–Kier alpha value is -1.85. The smallest absolute Gasteiger partial charge is 0.410 e. The summed E-state index contributed by atoms with van der Waals surface area (Å²) in [6.45, 7) is 9.84. The minimum Gasteiger partial charge on any atom is -0.444 e. The van der Waals surface area contributed by atoms with Crippen LogP contribution in [0.2, 0.25) is 0 Å². The summed E-state index contributed by atoms with van der Waals surface area (Å²) in [4.78, 5) is 22.2. The number of ether oxygens (including phenoxy) is 1. The number of carbonyl (C=O) groups is 1. The van der Waals surface area contributed by atoms with Gasteiger partial charge in [-0.25, -0.2) is 14.8 Å². The van der Waals surface area contributed by atoms with Gasteiger partial charge in [0.1, 0.15) is 5.60 Å². The van der Waals surface area contributed by atoms with E-state index in [0.29, 0.717) is 18.4 Å². The quantitative estimate of drug-likeness (QED) is 0.927. The molecular weight excluding hydrogens is 268 g/mol. The third kappa shape index (κ3) is 4.88. The summed E-state index contributed by atoms with van der Waals surface area (Å²) in [6, 6.07) is 0. The second kappa shape index (κ2) is 6.28. The van der Waals surface area contributed by atoms with Crippen molar-refractivity contribution in [2.24, 2.45) is 5.92 Å². The molecule has 2 rings (SSSR count). The summed E-state index contributed by atoms with van der Waals surface area (Å²) >= 11 is 0. The second-order valence-corrected chi connectivity index (χ2v) is 6.55. The number of anilines is 1. The third-order valence-electron chi connectivity index (χ3n) is 3.27. The van der Waals surface area contributed by atoms with Crippen LogP contribution in [-0.4, -0.2) is 46.2 Å². The number of hydrogen-bond acceptors (Lipinski definition) is 5. The van der Waals surface area contributed by atoms with E-state index in [0.717, 1.165) is 25.1 Å². The number of likely N-dealkylation sites (tertiary alicyclic amines) is 1. The highest BCUT2D eigenvalue weighted by molar-refractivity contribution is 5.68. The SMILES string of the molecule is Cc1cnc(NCC2CCN(C(=O)OC(C)(C)C)C2)nc1. The molecule has 2 heterocycles. The van der Waals surface area contributed by atoms with Gasteiger partial charge in [0, 0.05) is 32.0 Å². The molecule has 1 aromatic heterocycles. The third-order valence-corrected chi connectivity index (χ3v) is 3.27. The Morgan fingerprint density at radius 1 is 1.43 bits per heavy atom. The van der Waals surface area contributed by atoms with Gasteiger partial charge in [0.25, 0.3) is 0 Å². The average molecular weight is 292 g/mol. The monoisotopic (exact) mass is 292 g/mol. The van der Waals surface area contributed by atoms with Crippen molar-refractivity contribution in [3.05, 3.63) is 18.0 Å². The number of aryl methyl sites for hydroxylation is 1. The van der Waals surface area contributed by atoms with Crippen LogP contribution >= 0.6 is 0 Å². The normalized spacial score (nSPS) is 18.7. The molecule has 21 heavy (non-hydrogen) atoms. The average Bonchev–Trinajstić information content (AvgIpc) is 2.85. The highest BCUT2D eigenvalue weighted by Crippen LogP contribution is 2.19. The van der Waals surface area contributed by atoms with Gasteiger partial charge in [0.05, 0.1) is 0 Å². The Morgan fingerprint density at radius 3 is 2.71 bits per heavy atom. The number of rotatable bonds is 3. The van der Waals surface area contributed by atoms with Gasteiger partial charge < -0.3 is 15.0 Å². The molecule has 0 bridgehead atoms. The Balaban J connectivity index is 1.77. The Kier molecular flexibility index (Phi) is 4.65. The van der Waals surface area contributed by atoms with E-state index in [1.54, 1.807) is 17.3 Å². The van der Waals surface area contributed by atoms with Gasteiger partial charge in [-0.3, -0.25) is 0 Å². The number of hydrogen-bond donors (Lipinski definition) is 1. The fourth-order valence-corrected chi connectivity index (χ4v) is 2.21. The van der Waals surface area contributed by atoms with Crippen molar-refractivity contribution >= 4 is 12.0 Å². The number of nitrogens with zero attached hydrogens (tertiary/aromatic N) is 3. The van der Waals surface area contributed by atoms with Gasteiger partial charge in [-0.1, -0.05) is 0 Å². The molecule has 6 nitrogen and oxygen atoms in total. The maximum Gasteiger partial charge on any atom is 0.410 e. The lowest BCUT2D eigenvalue weighted by molar-refractivity contribution is 0.0289. The van der Waals surface area contributed by atoms with Crippen molar-refractivity contribution in [1.29, 1.82) is 0 Å². The van der Waals surface area contributed by atoms with Crippen LogP contribution in [0.1, 0.15) is 32.8 Å². The first-order chi connectivity index (χ1) is 9.83. The summed E-state index contributed by atoms with van der Waals surface area (Å²) in [5.41, 5.74) is 0.598. The van der Waals surface area contributed by atoms with Gasteiger partial charge in [0.2, 0.25) is 5.95 Å². The molecule has 0 saturated carbocycles. The van der Waals surface area contributed by atoms with Crippen molar-refractivity contribution in [3.63, 3.8) is 0 Å². The van der Waals surface area contributed by atoms with Crippen LogP contribution < -0.4 is 5.32 Å². The van der Waals surface area contributed by atoms with Crippen molar-refractivity contribution < 1.29 is 9.53 Å². The van der Waals surface area contributed by atoms with E-state index in [4.69, 9.17) is 4.74 Å². The fourth-order valence-electron chi connectivity index (χ4n) is 2.21. The zero-order valence-corrected chi connectivity index (χ0v) is 13.2. The summed E-state index contributed by atoms with van der Waals surface area (Å²) in [5, 5.41) is 3.22. The molecule has 1 amide bonds. The van der Waals surface area contributed by atoms with E-state index in [1.807, 2.05) is 27.7 Å². The molecule has 1 atom stereocenters. The topological polar surface area (TPSA) is 67.4 Å². The Morgan fingerprint density at radius 2 is 2.10 bits per heavy atom. The van der Waals surface area contributed by atoms with Gasteiger partial charge >= 0.3 is 6.09 Å². The molecule has 0 radical (unpaired) electrons. The van der Waals surface area contributed by atoms with Crippen LogP contribution in [0.3, 0.4) is 0 Å². The minimum atomic E-state index is -0.441. The summed E-state index contributed by atoms with van der Waals surface area (Å²) in [5.74, 6) is 1.04. The van der Waals surface area contributed by atoms with E-state index >= 15 is 0 Å². The lowest BCUT2D eigenvalue weighted by Crippen LogP contribution is -2.35. The molecule has 1 unspecified atom stereocenters. The van der Waals surface area contributed by atoms with Crippen molar-refractivity contribution in [2.75, 3.05) is 25.0 Å². The molecule has 1 N–H and O–H groups in total. The van der Waals surface area contributed by atoms with Gasteiger partial charge in [-0.15, -0.1) is 0 Å². The first kappa shape index (κ1) is 15.5. The van der Waals surface area contributed by atoms with Crippen LogP contribution in [0.15, 0.2) is 12.4 Å². The van der Waals surface area contributed by atoms with E-state index in [9.17, 15) is 4.79 Å². The first-order valence-corrected chi connectivity index (χ1v) is 7.34. The number of aromatic nitrogens is 2. The van der Waals surface area contributed by atoms with E-state index < -0.39 is 5.60 Å². The van der Waals surface area contributed by atoms with E-state index in [1.165, 1.54) is 0 Å². The van der Waals surface area contributed by atoms with Gasteiger partial charge in [-0.2, -0.15) is 0 Å². The van der Waals surface area contributed by atoms with Crippen LogP contribution in [0.5, 0.6) is 0 Å². The molecule has 1 aliphatic heterocycles. The Bertz CT molecular complexity index is 481. The second-order valence-electron chi connectivity index (χ2n) is 6.55. The van der Waals surface area contributed by atoms with Gasteiger partial charge in [0.15, 0.2) is 0 Å². The lowest BCUT2D eigenvalue weighted by atomic mass is 10.1. The predicted molar refractivity (Wildman–Crippen MR) is 81.2 cm³/mol. The molecular formula is C15H24N4O2. The number of amides is 1. The van der Waals surface area contributed by atoms with Gasteiger partial charge in [-0.05, 0) is 45.6 Å². The molecule has 1 saturated heterocycles. The largest absolute Gasteiger partial charge is 0.444 e. The fraction of sp³-hybridized carbons (Fsp3) is 0.667. The molecule has 6 heteroatoms. The van der Waals surface area contributed by atoms with Crippen molar-refractivity contribution in [2.45, 2.75) is 39.7 Å². The lowest BCUT2D eigenvalue weighted by Gasteiger charge is -2.24. The first-order valence-electron chi connectivity index (χ1n) is 7.34. The van der Waals surface area contributed by atoms with Crippen LogP contribution in [0.25, 0.3) is 0 Å². The maximum absolute atomic E-state index is 12.0. The molecule has 1 aromatic rings. The standard InChI is InChI=1S/C15H24N4O2/c1-11-7-16-13(17-8-11)18-9-12-5-6-19(10-12)14(20)21-15(2,3)4/h7-8,12H,5-6,9-10H2,1-4H3,(H,16,17,18). The van der Waals surface area contributed by atoms with Crippen LogP contribution in [0.4, 0.5) is 10.7 Å². The summed E-state index contributed by atoms with van der Waals surface area (Å²) < 4.78 is 5.39. The minimum absolute atomic E-state index is 0.225. The predicted octanol–water partition coefficient (Wildman–Crippen LogP) is 2.45. The summed E-state index contributed by atoms with van der Waals surface area (Å²) in [6.07, 6.45) is 4.32. The van der Waals surface area contributed by atoms with Crippen LogP contribution in [-0.2, 0) is 4.74 Å². The highest BCUT2D eigenvalue weighted by Gasteiger charge is 2.29. The van der Waals surface area contributed by atoms with Crippen molar-refractivity contribution in [1.82, 2.24) is 14.9 Å². The molecule has 1 fully saturated rings. The molecule has 0 aliphatic carbocycles. The maximum atomic E-state index is 12.0. The van der Waals surface area contributed by atoms with Crippen molar-refractivity contribution in [3.8, 4) is 0 Å².